The van der Waals surface area contributed by atoms with Crippen LogP contribution in [0.5, 0.6) is 0 Å². The fourth-order valence-corrected chi connectivity index (χ4v) is 15.2. The lowest BCUT2D eigenvalue weighted by molar-refractivity contribution is 0.0592. The average molecular weight is 1700 g/mol. The number of fused-ring (bicyclic) bond motifs is 4. The van der Waals surface area contributed by atoms with E-state index in [1.54, 1.807) is 61.1 Å². The molecule has 0 spiro atoms. The van der Waals surface area contributed by atoms with Gasteiger partial charge in [-0.25, -0.2) is 71.8 Å². The molecule has 8 aromatic heterocycles. The second-order valence-corrected chi connectivity index (χ2v) is 33.9. The van der Waals surface area contributed by atoms with E-state index in [0.717, 1.165) is 114 Å². The van der Waals surface area contributed by atoms with Crippen molar-refractivity contribution in [1.29, 1.82) is 0 Å². The van der Waals surface area contributed by atoms with E-state index in [4.69, 9.17) is 56.0 Å². The Morgan fingerprint density at radius 1 is 0.446 bits per heavy atom. The quantitative estimate of drug-likeness (QED) is 0.0410. The van der Waals surface area contributed by atoms with Gasteiger partial charge in [0.2, 0.25) is 0 Å². The van der Waals surface area contributed by atoms with Crippen LogP contribution in [0.25, 0.3) is 51.2 Å². The predicted molar refractivity (Wildman–Crippen MR) is 464 cm³/mol. The number of pyridine rings is 4. The Labute approximate surface area is 714 Å². The molecule has 121 heavy (non-hydrogen) atoms. The molecule has 0 bridgehead atoms. The molecule has 4 aliphatic carbocycles. The zero-order chi connectivity index (χ0) is 86.4. The van der Waals surface area contributed by atoms with Gasteiger partial charge in [0.1, 0.15) is 57.4 Å². The second kappa shape index (κ2) is 37.0. The number of aryl methyl sites for hydroxylation is 2. The summed E-state index contributed by atoms with van der Waals surface area (Å²) in [7, 11) is 2.61. The van der Waals surface area contributed by atoms with Crippen LogP contribution in [0.1, 0.15) is 163 Å². The van der Waals surface area contributed by atoms with E-state index in [1.807, 2.05) is 19.9 Å². The molecule has 4 aromatic carbocycles. The number of hydrogen-bond acceptors (Lipinski definition) is 22. The normalized spacial score (nSPS) is 14.1. The van der Waals surface area contributed by atoms with Gasteiger partial charge in [-0.3, -0.25) is 19.9 Å². The first-order valence-corrected chi connectivity index (χ1v) is 39.4. The van der Waals surface area contributed by atoms with E-state index in [0.29, 0.717) is 95.0 Å². The summed E-state index contributed by atoms with van der Waals surface area (Å²) in [5.41, 5.74) is 26.2. The topological polar surface area (TPSA) is 333 Å². The highest BCUT2D eigenvalue weighted by atomic mass is 35.5. The number of benzene rings is 4. The van der Waals surface area contributed by atoms with Crippen LogP contribution in [-0.2, 0) is 67.3 Å². The smallest absolute Gasteiger partial charge is 0.341 e. The third-order valence-electron chi connectivity index (χ3n) is 20.4. The number of aromatic nitrogens is 12. The third-order valence-corrected chi connectivity index (χ3v) is 21.1. The summed E-state index contributed by atoms with van der Waals surface area (Å²) < 4.78 is 66.9. The number of carboxylic acid groups (broad SMARTS) is 1. The van der Waals surface area contributed by atoms with E-state index < -0.39 is 29.5 Å². The molecule has 12 aromatic rings. The van der Waals surface area contributed by atoms with Crippen LogP contribution in [0.3, 0.4) is 0 Å². The minimum absolute atomic E-state index is 0. The van der Waals surface area contributed by atoms with Crippen molar-refractivity contribution in [2.45, 2.75) is 134 Å². The number of hydrogen-bond donors (Lipinski definition) is 6. The first kappa shape index (κ1) is 89.3. The fraction of sp³-hybridized carbons (Fsp3) is 0.286. The molecule has 8 heterocycles. The summed E-state index contributed by atoms with van der Waals surface area (Å²) in [4.78, 5) is 87.3. The fourth-order valence-electron chi connectivity index (χ4n) is 14.6. The SMILES string of the molecule is C.C=C(N)c1cnccc1Nc1nc(-c2cc(Cl)ccc2F)nc2c1CC(C)(C)C2.CCc1ccc(F)c(-c2nc3c(c(Nc4ccncc4C(=O)O)n2)CC(C)(C)C3)c1.COC(=O)c1cnccc1N.COC(=O)c1cnccc1Nc1nc(-c2cc(Cl)ccc2F)nc2c1CC(C)(C)C2.Cc1nc(-c2cc(Cl)ccc2F)nc2c1CC(C)(C)C2. The summed E-state index contributed by atoms with van der Waals surface area (Å²) in [6.45, 7) is 25.1. The molecule has 0 saturated carbocycles. The van der Waals surface area contributed by atoms with Gasteiger partial charge in [-0.1, -0.05) is 117 Å². The maximum atomic E-state index is 14.6. The number of rotatable bonds is 15. The maximum Gasteiger partial charge on any atom is 0.341 e. The van der Waals surface area contributed by atoms with Crippen molar-refractivity contribution >= 4 is 98.6 Å². The zero-order valence-corrected chi connectivity index (χ0v) is 70.4. The second-order valence-electron chi connectivity index (χ2n) is 32.5. The minimum Gasteiger partial charge on any atom is -0.478 e. The number of carboxylic acids is 1. The first-order chi connectivity index (χ1) is 56.9. The molecular formula is C91H92Cl3F4N17O6. The van der Waals surface area contributed by atoms with E-state index >= 15 is 0 Å². The molecule has 4 aliphatic rings. The molecule has 0 amide bonds. The number of nitrogens with zero attached hydrogens (tertiary/aromatic N) is 12. The predicted octanol–water partition coefficient (Wildman–Crippen LogP) is 20.4. The number of aromatic carboxylic acids is 1. The van der Waals surface area contributed by atoms with E-state index in [9.17, 15) is 37.1 Å². The molecule has 626 valence electrons. The molecule has 0 saturated heterocycles. The highest BCUT2D eigenvalue weighted by Crippen LogP contribution is 2.45. The van der Waals surface area contributed by atoms with Crippen LogP contribution in [-0.4, -0.2) is 97.0 Å². The number of nitrogens with two attached hydrogens (primary N) is 2. The molecule has 0 unspecified atom stereocenters. The highest BCUT2D eigenvalue weighted by molar-refractivity contribution is 6.31. The lowest BCUT2D eigenvalue weighted by Crippen LogP contribution is -2.10. The summed E-state index contributed by atoms with van der Waals surface area (Å²) in [6, 6.07) is 24.7. The Bertz CT molecular complexity index is 5990. The van der Waals surface area contributed by atoms with Crippen LogP contribution < -0.4 is 27.4 Å². The van der Waals surface area contributed by atoms with Crippen molar-refractivity contribution in [1.82, 2.24) is 59.8 Å². The molecule has 23 nitrogen and oxygen atoms in total. The van der Waals surface area contributed by atoms with Crippen molar-refractivity contribution in [3.05, 3.63) is 270 Å². The van der Waals surface area contributed by atoms with E-state index in [-0.39, 0.29) is 68.8 Å². The molecule has 0 aliphatic heterocycles. The van der Waals surface area contributed by atoms with Crippen LogP contribution in [0.2, 0.25) is 15.1 Å². The zero-order valence-electron chi connectivity index (χ0n) is 68.1. The molecule has 30 heteroatoms. The Hall–Kier alpha value is -12.5. The van der Waals surface area contributed by atoms with E-state index in [2.05, 4.69) is 137 Å². The van der Waals surface area contributed by atoms with Gasteiger partial charge in [0.05, 0.1) is 70.6 Å². The summed E-state index contributed by atoms with van der Waals surface area (Å²) >= 11 is 18.1. The van der Waals surface area contributed by atoms with Crippen molar-refractivity contribution in [3.63, 3.8) is 0 Å². The standard InChI is InChI=1S/C23H23FN4O2.C22H21ClFN5.C22H20ClFN4O2.C16H16ClFN2.C7H8N2O2.CH4/c1-4-13-5-6-17(24)14(9-13)20-27-19-11-23(2,3)10-15(19)21(28-20)26-18-7-8-25-12-16(18)22(29)30;1-12(25)16-11-26-7-6-18(16)27-21-15-9-22(2,3)10-19(15)28-20(29-21)14-8-13(23)4-5-17(14)24;1-22(2)9-14-18(10-22)27-19(13-8-12(23)4-5-16(13)24)28-20(14)26-17-6-7-25-11-15(17)21(29)30-3;1-9-12-7-16(2,3)8-14(12)20-15(19-9)11-6-10(17)4-5-13(11)18;1-11-7(10)5-4-9-3-2-6(5)8;/h5-9,12H,4,10-11H2,1-3H3,(H,29,30)(H,25,26,27,28);4-8,11H,1,9-10,25H2,2-3H3,(H,26,27,28,29);4-8,11H,9-10H2,1-3H3,(H,25,26,27,28);4-6H,7-8H2,1-3H3;2-4H,1H3,(H2,8,9);1H4. The number of halogens is 7. The Morgan fingerprint density at radius 3 is 1.13 bits per heavy atom. The van der Waals surface area contributed by atoms with Gasteiger partial charge in [-0.05, 0) is 188 Å². The lowest BCUT2D eigenvalue weighted by atomic mass is 9.90. The summed E-state index contributed by atoms with van der Waals surface area (Å²) in [5.74, 6) is -0.737. The van der Waals surface area contributed by atoms with Gasteiger partial charge >= 0.3 is 17.9 Å². The average Bonchev–Trinajstić information content (AvgIpc) is 1.81. The van der Waals surface area contributed by atoms with Crippen LogP contribution in [0.15, 0.2) is 153 Å². The number of nitrogens with one attached hydrogen (secondary N) is 3. The van der Waals surface area contributed by atoms with Gasteiger partial charge in [-0.2, -0.15) is 0 Å². The number of nitrogen functional groups attached to an aromatic ring is 1. The van der Waals surface area contributed by atoms with Gasteiger partial charge < -0.3 is 42.0 Å². The van der Waals surface area contributed by atoms with Crippen LogP contribution in [0, 0.1) is 51.9 Å². The number of carbonyl (C=O) groups excluding carboxylic acids is 2. The first-order valence-electron chi connectivity index (χ1n) is 38.3. The van der Waals surface area contributed by atoms with E-state index in [1.165, 1.54) is 99.3 Å². The molecule has 16 rings (SSSR count). The van der Waals surface area contributed by atoms with Crippen LogP contribution in [0.4, 0.5) is 57.8 Å². The number of ether oxygens (including phenoxy) is 2. The number of anilines is 7. The molecule has 8 N–H and O–H groups in total. The molecule has 0 radical (unpaired) electrons. The van der Waals surface area contributed by atoms with Gasteiger partial charge in [0.25, 0.3) is 0 Å². The third kappa shape index (κ3) is 21.2. The number of esters is 2. The minimum atomic E-state index is -1.08. The van der Waals surface area contributed by atoms with Crippen molar-refractivity contribution in [2.24, 2.45) is 27.4 Å². The van der Waals surface area contributed by atoms with Gasteiger partial charge in [-0.15, -0.1) is 0 Å². The van der Waals surface area contributed by atoms with Crippen molar-refractivity contribution < 1.29 is 46.5 Å². The lowest BCUT2D eigenvalue weighted by Gasteiger charge is -2.16. The molecular weight excluding hydrogens is 1610 g/mol. The number of carbonyl (C=O) groups is 3. The summed E-state index contributed by atoms with van der Waals surface area (Å²) in [6.07, 6.45) is 19.2. The monoisotopic (exact) mass is 1700 g/mol. The van der Waals surface area contributed by atoms with Crippen LogP contribution >= 0.6 is 34.8 Å². The number of methoxy groups -OCH3 is 2. The van der Waals surface area contributed by atoms with Gasteiger partial charge in [0.15, 0.2) is 23.3 Å². The van der Waals surface area contributed by atoms with Crippen molar-refractivity contribution in [3.8, 4) is 45.6 Å². The van der Waals surface area contributed by atoms with Crippen molar-refractivity contribution in [2.75, 3.05) is 35.9 Å². The maximum absolute atomic E-state index is 14.6. The summed E-state index contributed by atoms with van der Waals surface area (Å²) in [5, 5.41) is 20.5. The Kier molecular flexibility index (Phi) is 27.3. The molecule has 0 fully saturated rings. The molecule has 0 atom stereocenters. The highest BCUT2D eigenvalue weighted by Gasteiger charge is 2.38. The van der Waals surface area contributed by atoms with Gasteiger partial charge in [0, 0.05) is 110 Å². The largest absolute Gasteiger partial charge is 0.478 e. The Morgan fingerprint density at radius 2 is 0.760 bits per heavy atom. The Balaban J connectivity index is 0.000000152.